The molecule has 3 aromatic rings. The van der Waals surface area contributed by atoms with Crippen LogP contribution in [0.4, 0.5) is 11.4 Å². The largest absolute Gasteiger partial charge is 0.497 e. The van der Waals surface area contributed by atoms with Crippen LogP contribution in [0.1, 0.15) is 18.9 Å². The molecule has 1 saturated heterocycles. The standard InChI is InChI=1S/C27H26ClN3O4S/c1-3-35-23-6-4-5-21(15-23)29-26(33)24-16-25(32)31(17-18-7-9-19(28)10-8-18)27(36-24)30-20-11-13-22(34-2)14-12-20/h4-15,24H,3,16-17H2,1-2H3,(H,29,33). The van der Waals surface area contributed by atoms with E-state index in [1.165, 1.54) is 11.8 Å². The molecule has 7 nitrogen and oxygen atoms in total. The number of carbonyl (C=O) groups is 2. The number of thioether (sulfide) groups is 1. The number of hydrogen-bond donors (Lipinski definition) is 1. The van der Waals surface area contributed by atoms with Crippen LogP contribution in [-0.2, 0) is 16.1 Å². The molecule has 3 aromatic carbocycles. The molecule has 1 unspecified atom stereocenters. The quantitative estimate of drug-likeness (QED) is 0.397. The van der Waals surface area contributed by atoms with E-state index >= 15 is 0 Å². The molecule has 36 heavy (non-hydrogen) atoms. The van der Waals surface area contributed by atoms with E-state index in [9.17, 15) is 9.59 Å². The lowest BCUT2D eigenvalue weighted by molar-refractivity contribution is -0.129. The van der Waals surface area contributed by atoms with Gasteiger partial charge < -0.3 is 14.8 Å². The molecule has 1 fully saturated rings. The minimum atomic E-state index is -0.633. The van der Waals surface area contributed by atoms with Gasteiger partial charge in [0.25, 0.3) is 0 Å². The normalized spacial score (nSPS) is 16.6. The van der Waals surface area contributed by atoms with E-state index in [4.69, 9.17) is 26.1 Å². The maximum absolute atomic E-state index is 13.3. The molecule has 1 aliphatic heterocycles. The van der Waals surface area contributed by atoms with Crippen LogP contribution in [0.15, 0.2) is 77.8 Å². The number of anilines is 1. The van der Waals surface area contributed by atoms with Crippen LogP contribution in [-0.4, -0.2) is 40.8 Å². The second-order valence-corrected chi connectivity index (χ2v) is 9.57. The molecule has 1 aliphatic rings. The van der Waals surface area contributed by atoms with Gasteiger partial charge in [0.05, 0.1) is 25.9 Å². The first-order chi connectivity index (χ1) is 17.4. The second kappa shape index (κ2) is 12.0. The molecular weight excluding hydrogens is 498 g/mol. The zero-order valence-corrected chi connectivity index (χ0v) is 21.5. The predicted octanol–water partition coefficient (Wildman–Crippen LogP) is 5.91. The summed E-state index contributed by atoms with van der Waals surface area (Å²) in [5, 5.41) is 3.35. The molecular formula is C27H26ClN3O4S. The van der Waals surface area contributed by atoms with Gasteiger partial charge in [-0.3, -0.25) is 14.5 Å². The lowest BCUT2D eigenvalue weighted by atomic mass is 10.2. The van der Waals surface area contributed by atoms with Gasteiger partial charge in [-0.05, 0) is 61.0 Å². The Balaban J connectivity index is 1.57. The summed E-state index contributed by atoms with van der Waals surface area (Å²) < 4.78 is 10.7. The molecule has 186 valence electrons. The van der Waals surface area contributed by atoms with Gasteiger partial charge in [0.1, 0.15) is 16.7 Å². The Morgan fingerprint density at radius 2 is 1.86 bits per heavy atom. The summed E-state index contributed by atoms with van der Waals surface area (Å²) in [6, 6.07) is 21.7. The van der Waals surface area contributed by atoms with E-state index in [1.807, 2.05) is 31.2 Å². The van der Waals surface area contributed by atoms with E-state index < -0.39 is 5.25 Å². The lowest BCUT2D eigenvalue weighted by Gasteiger charge is -2.32. The van der Waals surface area contributed by atoms with Crippen LogP contribution in [0, 0.1) is 0 Å². The summed E-state index contributed by atoms with van der Waals surface area (Å²) in [6.45, 7) is 2.75. The van der Waals surface area contributed by atoms with Crippen molar-refractivity contribution in [2.24, 2.45) is 4.99 Å². The van der Waals surface area contributed by atoms with E-state index in [1.54, 1.807) is 60.5 Å². The molecule has 4 rings (SSSR count). The van der Waals surface area contributed by atoms with Gasteiger partial charge in [0.15, 0.2) is 5.17 Å². The van der Waals surface area contributed by atoms with Gasteiger partial charge >= 0.3 is 0 Å². The third kappa shape index (κ3) is 6.59. The van der Waals surface area contributed by atoms with Gasteiger partial charge in [0, 0.05) is 23.2 Å². The van der Waals surface area contributed by atoms with E-state index in [-0.39, 0.29) is 18.2 Å². The minimum absolute atomic E-state index is 0.0525. The lowest BCUT2D eigenvalue weighted by Crippen LogP contribution is -2.44. The van der Waals surface area contributed by atoms with Gasteiger partial charge in [0.2, 0.25) is 11.8 Å². The van der Waals surface area contributed by atoms with Crippen molar-refractivity contribution in [1.29, 1.82) is 0 Å². The maximum atomic E-state index is 13.3. The molecule has 0 aromatic heterocycles. The fourth-order valence-electron chi connectivity index (χ4n) is 3.59. The number of amides is 2. The molecule has 0 bridgehead atoms. The number of amidine groups is 1. The van der Waals surface area contributed by atoms with Crippen molar-refractivity contribution >= 4 is 51.7 Å². The number of ether oxygens (including phenoxy) is 2. The number of carbonyl (C=O) groups excluding carboxylic acids is 2. The first kappa shape index (κ1) is 25.6. The molecule has 0 saturated carbocycles. The number of rotatable bonds is 8. The van der Waals surface area contributed by atoms with Crippen molar-refractivity contribution in [2.45, 2.75) is 25.1 Å². The summed E-state index contributed by atoms with van der Waals surface area (Å²) >= 11 is 7.29. The smallest absolute Gasteiger partial charge is 0.238 e. The molecule has 9 heteroatoms. The fourth-order valence-corrected chi connectivity index (χ4v) is 4.81. The van der Waals surface area contributed by atoms with Crippen molar-refractivity contribution in [3.05, 3.63) is 83.4 Å². The van der Waals surface area contributed by atoms with Crippen LogP contribution >= 0.6 is 23.4 Å². The van der Waals surface area contributed by atoms with Crippen molar-refractivity contribution in [3.63, 3.8) is 0 Å². The van der Waals surface area contributed by atoms with Crippen molar-refractivity contribution < 1.29 is 19.1 Å². The first-order valence-electron chi connectivity index (χ1n) is 11.4. The van der Waals surface area contributed by atoms with Gasteiger partial charge in [-0.25, -0.2) is 4.99 Å². The molecule has 0 spiro atoms. The third-order valence-electron chi connectivity index (χ3n) is 5.40. The average molecular weight is 524 g/mol. The monoisotopic (exact) mass is 523 g/mol. The predicted molar refractivity (Wildman–Crippen MR) is 144 cm³/mol. The molecule has 0 aliphatic carbocycles. The number of aliphatic imine (C=N–C) groups is 1. The van der Waals surface area contributed by atoms with E-state index in [2.05, 4.69) is 5.32 Å². The summed E-state index contributed by atoms with van der Waals surface area (Å²) in [7, 11) is 1.59. The third-order valence-corrected chi connectivity index (χ3v) is 6.84. The minimum Gasteiger partial charge on any atom is -0.497 e. The second-order valence-electron chi connectivity index (χ2n) is 7.96. The Kier molecular flexibility index (Phi) is 8.51. The highest BCUT2D eigenvalue weighted by atomic mass is 35.5. The Morgan fingerprint density at radius 1 is 1.11 bits per heavy atom. The van der Waals surface area contributed by atoms with Gasteiger partial charge in [-0.2, -0.15) is 0 Å². The molecule has 0 radical (unpaired) electrons. The Bertz CT molecular complexity index is 1250. The summed E-state index contributed by atoms with van der Waals surface area (Å²) in [5.74, 6) is 0.921. The van der Waals surface area contributed by atoms with Crippen LogP contribution in [0.3, 0.4) is 0 Å². The number of benzene rings is 3. The van der Waals surface area contributed by atoms with Gasteiger partial charge in [-0.15, -0.1) is 0 Å². The maximum Gasteiger partial charge on any atom is 0.238 e. The van der Waals surface area contributed by atoms with E-state index in [0.717, 1.165) is 5.56 Å². The van der Waals surface area contributed by atoms with Crippen molar-refractivity contribution in [1.82, 2.24) is 4.90 Å². The first-order valence-corrected chi connectivity index (χ1v) is 12.7. The number of halogens is 1. The highest BCUT2D eigenvalue weighted by Gasteiger charge is 2.36. The summed E-state index contributed by atoms with van der Waals surface area (Å²) in [6.07, 6.45) is 0.0525. The average Bonchev–Trinajstić information content (AvgIpc) is 2.88. The van der Waals surface area contributed by atoms with Crippen LogP contribution in [0.5, 0.6) is 11.5 Å². The SMILES string of the molecule is CCOc1cccc(NC(=O)C2CC(=O)N(Cc3ccc(Cl)cc3)C(=Nc3ccc(OC)cc3)S2)c1. The Labute approximate surface area is 219 Å². The molecule has 1 N–H and O–H groups in total. The molecule has 1 heterocycles. The zero-order chi connectivity index (χ0) is 25.5. The van der Waals surface area contributed by atoms with E-state index in [0.29, 0.717) is 46.2 Å². The Hall–Kier alpha value is -3.49. The zero-order valence-electron chi connectivity index (χ0n) is 19.9. The fraction of sp³-hybridized carbons (Fsp3) is 0.222. The van der Waals surface area contributed by atoms with Crippen LogP contribution < -0.4 is 14.8 Å². The topological polar surface area (TPSA) is 80.2 Å². The number of hydrogen-bond acceptors (Lipinski definition) is 6. The van der Waals surface area contributed by atoms with Gasteiger partial charge in [-0.1, -0.05) is 41.6 Å². The van der Waals surface area contributed by atoms with Crippen LogP contribution in [0.25, 0.3) is 0 Å². The van der Waals surface area contributed by atoms with Crippen molar-refractivity contribution in [3.8, 4) is 11.5 Å². The number of nitrogens with zero attached hydrogens (tertiary/aromatic N) is 2. The molecule has 2 amide bonds. The highest BCUT2D eigenvalue weighted by molar-refractivity contribution is 8.15. The summed E-state index contributed by atoms with van der Waals surface area (Å²) in [4.78, 5) is 32.7. The van der Waals surface area contributed by atoms with Crippen LogP contribution in [0.2, 0.25) is 5.02 Å². The number of nitrogens with one attached hydrogen (secondary N) is 1. The molecule has 1 atom stereocenters. The van der Waals surface area contributed by atoms with Crippen molar-refractivity contribution in [2.75, 3.05) is 19.0 Å². The number of methoxy groups -OCH3 is 1. The Morgan fingerprint density at radius 3 is 2.56 bits per heavy atom. The summed E-state index contributed by atoms with van der Waals surface area (Å²) in [5.41, 5.74) is 2.17. The highest BCUT2D eigenvalue weighted by Crippen LogP contribution is 2.32.